The number of benzene rings is 2. The highest BCUT2D eigenvalue weighted by atomic mass is 19.1. The average Bonchev–Trinajstić information content (AvgIpc) is 2.83. The lowest BCUT2D eigenvalue weighted by Crippen LogP contribution is -2.44. The fourth-order valence-electron chi connectivity index (χ4n) is 4.53. The number of methoxy groups -OCH3 is 1. The number of carbonyl (C=O) groups excluding carboxylic acids is 1. The minimum Gasteiger partial charge on any atom is -0.497 e. The molecule has 6 nitrogen and oxygen atoms in total. The first-order valence-electron chi connectivity index (χ1n) is 11.0. The molecule has 1 aliphatic carbocycles. The van der Waals surface area contributed by atoms with Gasteiger partial charge >= 0.3 is 0 Å². The van der Waals surface area contributed by atoms with E-state index in [1.807, 2.05) is 0 Å². The van der Waals surface area contributed by atoms with Crippen LogP contribution in [0.15, 0.2) is 47.4 Å². The molecule has 1 unspecified atom stereocenters. The molecular weight excluding hydrogens is 430 g/mol. The third-order valence-corrected chi connectivity index (χ3v) is 6.34. The number of aliphatic hydroxyl groups is 1. The Morgan fingerprint density at radius 2 is 1.82 bits per heavy atom. The molecule has 4 rings (SSSR count). The smallest absolute Gasteiger partial charge is 0.257 e. The summed E-state index contributed by atoms with van der Waals surface area (Å²) in [5, 5.41) is 12.0. The molecule has 1 amide bonds. The number of carbonyl (C=O) groups is 1. The average molecular weight is 456 g/mol. The molecule has 174 valence electrons. The van der Waals surface area contributed by atoms with Crippen molar-refractivity contribution >= 4 is 16.8 Å². The number of hydrogen-bond donors (Lipinski definition) is 2. The Labute approximate surface area is 189 Å². The van der Waals surface area contributed by atoms with E-state index in [0.29, 0.717) is 12.2 Å². The second-order valence-corrected chi connectivity index (χ2v) is 8.41. The van der Waals surface area contributed by atoms with Crippen LogP contribution in [-0.4, -0.2) is 35.3 Å². The molecular formula is C25H26F2N2O4. The predicted octanol–water partition coefficient (Wildman–Crippen LogP) is 3.62. The molecule has 0 aliphatic heterocycles. The van der Waals surface area contributed by atoms with E-state index in [0.717, 1.165) is 37.0 Å². The van der Waals surface area contributed by atoms with Crippen LogP contribution >= 0.6 is 0 Å². The zero-order valence-corrected chi connectivity index (χ0v) is 18.3. The van der Waals surface area contributed by atoms with Gasteiger partial charge in [0.15, 0.2) is 0 Å². The number of ether oxygens (including phenoxy) is 1. The third-order valence-electron chi connectivity index (χ3n) is 6.34. The summed E-state index contributed by atoms with van der Waals surface area (Å²) < 4.78 is 36.0. The number of nitrogens with zero attached hydrogens (tertiary/aromatic N) is 1. The van der Waals surface area contributed by atoms with Gasteiger partial charge in [0.1, 0.15) is 22.9 Å². The molecule has 2 aromatic carbocycles. The van der Waals surface area contributed by atoms with Gasteiger partial charge in [-0.05, 0) is 42.7 Å². The van der Waals surface area contributed by atoms with Crippen molar-refractivity contribution in [3.8, 4) is 5.75 Å². The minimum atomic E-state index is -0.888. The Morgan fingerprint density at radius 1 is 1.12 bits per heavy atom. The Morgan fingerprint density at radius 3 is 2.52 bits per heavy atom. The number of rotatable bonds is 6. The van der Waals surface area contributed by atoms with Crippen LogP contribution in [0.1, 0.15) is 41.6 Å². The molecule has 0 radical (unpaired) electrons. The van der Waals surface area contributed by atoms with Crippen molar-refractivity contribution in [3.63, 3.8) is 0 Å². The maximum absolute atomic E-state index is 14.8. The molecule has 0 spiro atoms. The molecule has 1 aliphatic rings. The normalized spacial score (nSPS) is 18.3. The number of nitrogens with one attached hydrogen (secondary N) is 1. The highest BCUT2D eigenvalue weighted by Crippen LogP contribution is 2.25. The highest BCUT2D eigenvalue weighted by molar-refractivity contribution is 5.97. The van der Waals surface area contributed by atoms with E-state index in [-0.39, 0.29) is 36.2 Å². The lowest BCUT2D eigenvalue weighted by atomic mass is 9.85. The molecule has 8 heteroatoms. The molecule has 0 saturated heterocycles. The van der Waals surface area contributed by atoms with Crippen molar-refractivity contribution in [1.29, 1.82) is 0 Å². The largest absolute Gasteiger partial charge is 0.497 e. The summed E-state index contributed by atoms with van der Waals surface area (Å²) in [7, 11) is 1.54. The quantitative estimate of drug-likeness (QED) is 0.594. The predicted molar refractivity (Wildman–Crippen MR) is 121 cm³/mol. The standard InChI is InChI=1S/C25H26F2N2O4/c1-33-17-8-6-15(7-9-17)12-29-13-18(24(31)22-19(26)10-11-20(27)23(22)29)25(32)28-21-5-3-2-4-16(21)14-30/h6-11,13,16,21,30H,2-5,12,14H2,1H3,(H,28,32)/t16-,21?/m1/s1. The van der Waals surface area contributed by atoms with Crippen molar-refractivity contribution in [2.24, 2.45) is 5.92 Å². The second kappa shape index (κ2) is 9.70. The van der Waals surface area contributed by atoms with E-state index < -0.39 is 28.4 Å². The Bertz CT molecular complexity index is 1220. The summed E-state index contributed by atoms with van der Waals surface area (Å²) in [5.41, 5.74) is -0.564. The molecule has 33 heavy (non-hydrogen) atoms. The monoisotopic (exact) mass is 456 g/mol. The summed E-state index contributed by atoms with van der Waals surface area (Å²) in [6.07, 6.45) is 4.62. The van der Waals surface area contributed by atoms with Gasteiger partial charge < -0.3 is 19.7 Å². The fourth-order valence-corrected chi connectivity index (χ4v) is 4.53. The summed E-state index contributed by atoms with van der Waals surface area (Å²) in [6, 6.07) is 8.60. The number of pyridine rings is 1. The number of aliphatic hydroxyl groups excluding tert-OH is 1. The van der Waals surface area contributed by atoms with Gasteiger partial charge in [-0.3, -0.25) is 9.59 Å². The van der Waals surface area contributed by atoms with Gasteiger partial charge in [-0.25, -0.2) is 8.78 Å². The molecule has 3 aromatic rings. The van der Waals surface area contributed by atoms with E-state index >= 15 is 0 Å². The molecule has 2 atom stereocenters. The Hall–Kier alpha value is -3.26. The van der Waals surface area contributed by atoms with Crippen LogP contribution < -0.4 is 15.5 Å². The number of aromatic nitrogens is 1. The first-order chi connectivity index (χ1) is 15.9. The van der Waals surface area contributed by atoms with Gasteiger partial charge in [0.05, 0.1) is 18.0 Å². The highest BCUT2D eigenvalue weighted by Gasteiger charge is 2.28. The van der Waals surface area contributed by atoms with E-state index in [2.05, 4.69) is 5.32 Å². The molecule has 0 bridgehead atoms. The SMILES string of the molecule is COc1ccc(Cn2cc(C(=O)NC3CCCC[C@@H]3CO)c(=O)c3c(F)ccc(F)c32)cc1. The molecule has 1 saturated carbocycles. The van der Waals surface area contributed by atoms with Crippen molar-refractivity contribution in [2.45, 2.75) is 38.3 Å². The van der Waals surface area contributed by atoms with Gasteiger partial charge in [0.2, 0.25) is 5.43 Å². The Balaban J connectivity index is 1.78. The lowest BCUT2D eigenvalue weighted by molar-refractivity contribution is 0.0871. The summed E-state index contributed by atoms with van der Waals surface area (Å²) >= 11 is 0. The van der Waals surface area contributed by atoms with E-state index in [9.17, 15) is 23.5 Å². The van der Waals surface area contributed by atoms with Crippen LogP contribution in [0.4, 0.5) is 8.78 Å². The number of halogens is 2. The van der Waals surface area contributed by atoms with Crippen LogP contribution in [-0.2, 0) is 6.54 Å². The first-order valence-corrected chi connectivity index (χ1v) is 11.0. The second-order valence-electron chi connectivity index (χ2n) is 8.41. The van der Waals surface area contributed by atoms with Crippen LogP contribution in [0.5, 0.6) is 5.75 Å². The van der Waals surface area contributed by atoms with E-state index in [4.69, 9.17) is 4.74 Å². The third kappa shape index (κ3) is 4.61. The first kappa shape index (κ1) is 22.9. The Kier molecular flexibility index (Phi) is 6.74. The molecule has 1 aromatic heterocycles. The van der Waals surface area contributed by atoms with Crippen LogP contribution in [0.25, 0.3) is 10.9 Å². The number of fused-ring (bicyclic) bond motifs is 1. The maximum Gasteiger partial charge on any atom is 0.257 e. The van der Waals surface area contributed by atoms with Gasteiger partial charge in [-0.2, -0.15) is 0 Å². The lowest BCUT2D eigenvalue weighted by Gasteiger charge is -2.30. The van der Waals surface area contributed by atoms with Crippen LogP contribution in [0, 0.1) is 17.6 Å². The number of hydrogen-bond acceptors (Lipinski definition) is 4. The molecule has 2 N–H and O–H groups in total. The molecule has 1 heterocycles. The summed E-state index contributed by atoms with van der Waals surface area (Å²) in [5.74, 6) is -1.75. The van der Waals surface area contributed by atoms with Gasteiger partial charge in [0.25, 0.3) is 5.91 Å². The zero-order valence-electron chi connectivity index (χ0n) is 18.3. The van der Waals surface area contributed by atoms with Crippen LogP contribution in [0.3, 0.4) is 0 Å². The fraction of sp³-hybridized carbons (Fsp3) is 0.360. The van der Waals surface area contributed by atoms with Crippen LogP contribution in [0.2, 0.25) is 0 Å². The van der Waals surface area contributed by atoms with Crippen molar-refractivity contribution in [1.82, 2.24) is 9.88 Å². The zero-order chi connectivity index (χ0) is 23.5. The van der Waals surface area contributed by atoms with Gasteiger partial charge in [-0.15, -0.1) is 0 Å². The van der Waals surface area contributed by atoms with Gasteiger partial charge in [0, 0.05) is 31.3 Å². The van der Waals surface area contributed by atoms with E-state index in [1.165, 1.54) is 10.8 Å². The summed E-state index contributed by atoms with van der Waals surface area (Å²) in [6.45, 7) is 0.0499. The maximum atomic E-state index is 14.8. The van der Waals surface area contributed by atoms with Gasteiger partial charge in [-0.1, -0.05) is 25.0 Å². The molecule has 1 fully saturated rings. The van der Waals surface area contributed by atoms with Crippen molar-refractivity contribution in [3.05, 3.63) is 75.6 Å². The minimum absolute atomic E-state index is 0.0653. The van der Waals surface area contributed by atoms with Crippen molar-refractivity contribution in [2.75, 3.05) is 13.7 Å². The topological polar surface area (TPSA) is 80.6 Å². The summed E-state index contributed by atoms with van der Waals surface area (Å²) in [4.78, 5) is 26.2. The number of amides is 1. The van der Waals surface area contributed by atoms with E-state index in [1.54, 1.807) is 31.4 Å². The van der Waals surface area contributed by atoms with Crippen molar-refractivity contribution < 1.29 is 23.4 Å².